The molecule has 0 bridgehead atoms. The van der Waals surface area contributed by atoms with Crippen molar-refractivity contribution in [3.05, 3.63) is 109 Å². The standard InChI is InChI=1S/C68H115O11P/c1-4-7-10-13-16-19-22-25-28-30-32-34-37-40-43-46-49-52-55-58-67(71)78-64(60-69)62-76-80(73,74)77-63-65(61-75-66(70)57-54-51-48-45-42-39-36-27-24-21-18-15-12-9-6-3)79-68(72)59-56-53-50-47-44-41-38-35-33-31-29-26-23-20-17-14-11-8-5-2/h9,12,16-21,25-29,36,42,45,51,54,64-65,69H,4-8,10-11,13-15,22-24,30-35,37-41,43-44,46-50,52-53,55-63H2,1-3H3,(H,73,74)/b12-9-,19-16-,20-17-,21-18-,28-25-,29-26-,36-27-,45-42-,54-51-. The molecule has 458 valence electrons. The summed E-state index contributed by atoms with van der Waals surface area (Å²) in [6.45, 7) is 4.38. The Bertz CT molecular complexity index is 1760. The lowest BCUT2D eigenvalue weighted by atomic mass is 10.1. The molecule has 0 aromatic rings. The van der Waals surface area contributed by atoms with E-state index in [1.165, 1.54) is 109 Å². The second-order valence-electron chi connectivity index (χ2n) is 20.9. The number of phosphoric ester groups is 1. The van der Waals surface area contributed by atoms with Crippen LogP contribution < -0.4 is 0 Å². The fraction of sp³-hybridized carbons (Fsp3) is 0.691. The minimum Gasteiger partial charge on any atom is -0.461 e. The normalized spacial score (nSPS) is 14.0. The Morgan fingerprint density at radius 3 is 1.06 bits per heavy atom. The molecule has 0 heterocycles. The first-order chi connectivity index (χ1) is 39.2. The van der Waals surface area contributed by atoms with E-state index >= 15 is 0 Å². The zero-order chi connectivity index (χ0) is 58.3. The highest BCUT2D eigenvalue weighted by Gasteiger charge is 2.28. The fourth-order valence-corrected chi connectivity index (χ4v) is 9.16. The van der Waals surface area contributed by atoms with E-state index in [1.54, 1.807) is 6.08 Å². The van der Waals surface area contributed by atoms with Gasteiger partial charge in [0, 0.05) is 12.8 Å². The van der Waals surface area contributed by atoms with Crippen LogP contribution in [0.2, 0.25) is 0 Å². The molecule has 0 aromatic carbocycles. The zero-order valence-corrected chi connectivity index (χ0v) is 51.7. The molecule has 3 atom stereocenters. The van der Waals surface area contributed by atoms with Gasteiger partial charge in [-0.25, -0.2) is 4.57 Å². The van der Waals surface area contributed by atoms with Gasteiger partial charge in [0.2, 0.25) is 0 Å². The quantitative estimate of drug-likeness (QED) is 0.0197. The van der Waals surface area contributed by atoms with Crippen molar-refractivity contribution >= 4 is 25.7 Å². The first kappa shape index (κ1) is 76.1. The Labute approximate surface area is 488 Å². The Balaban J connectivity index is 4.76. The molecule has 0 spiro atoms. The molecule has 12 heteroatoms. The summed E-state index contributed by atoms with van der Waals surface area (Å²) in [5.41, 5.74) is 0. The summed E-state index contributed by atoms with van der Waals surface area (Å²) in [5, 5.41) is 9.85. The van der Waals surface area contributed by atoms with Crippen LogP contribution in [0.1, 0.15) is 265 Å². The van der Waals surface area contributed by atoms with Gasteiger partial charge < -0.3 is 24.2 Å². The van der Waals surface area contributed by atoms with E-state index in [2.05, 4.69) is 112 Å². The molecule has 0 aliphatic rings. The number of unbranched alkanes of at least 4 members (excludes halogenated alkanes) is 24. The minimum atomic E-state index is -4.78. The molecule has 0 aliphatic heterocycles. The second-order valence-corrected chi connectivity index (χ2v) is 22.3. The molecule has 0 fully saturated rings. The predicted molar refractivity (Wildman–Crippen MR) is 334 cm³/mol. The minimum absolute atomic E-state index is 0.0105. The number of aliphatic hydroxyl groups excluding tert-OH is 1. The summed E-state index contributed by atoms with van der Waals surface area (Å²) < 4.78 is 39.5. The van der Waals surface area contributed by atoms with Crippen LogP contribution in [0.25, 0.3) is 0 Å². The Morgan fingerprint density at radius 2 is 0.688 bits per heavy atom. The number of rotatable bonds is 58. The summed E-state index contributed by atoms with van der Waals surface area (Å²) in [5.74, 6) is -1.63. The average molecular weight is 1140 g/mol. The van der Waals surface area contributed by atoms with E-state index in [0.29, 0.717) is 19.3 Å². The second kappa shape index (κ2) is 61.2. The summed E-state index contributed by atoms with van der Waals surface area (Å²) in [6.07, 6.45) is 74.9. The van der Waals surface area contributed by atoms with Crippen LogP contribution in [0.5, 0.6) is 0 Å². The van der Waals surface area contributed by atoms with Gasteiger partial charge in [-0.05, 0) is 109 Å². The van der Waals surface area contributed by atoms with Crippen molar-refractivity contribution in [2.24, 2.45) is 0 Å². The molecule has 11 nitrogen and oxygen atoms in total. The molecular formula is C68H115O11P. The van der Waals surface area contributed by atoms with Crippen molar-refractivity contribution in [2.45, 2.75) is 277 Å². The molecule has 0 radical (unpaired) electrons. The molecule has 0 aliphatic carbocycles. The predicted octanol–water partition coefficient (Wildman–Crippen LogP) is 19.4. The number of hydrogen-bond acceptors (Lipinski definition) is 10. The van der Waals surface area contributed by atoms with Gasteiger partial charge in [0.15, 0.2) is 6.10 Å². The highest BCUT2D eigenvalue weighted by molar-refractivity contribution is 7.47. The van der Waals surface area contributed by atoms with Crippen LogP contribution in [0.15, 0.2) is 109 Å². The molecular weight excluding hydrogens is 1020 g/mol. The van der Waals surface area contributed by atoms with Crippen LogP contribution >= 0.6 is 7.82 Å². The number of phosphoric acid groups is 1. The van der Waals surface area contributed by atoms with Gasteiger partial charge in [0.05, 0.1) is 26.2 Å². The SMILES string of the molecule is CC/C=C\C/C=C\C/C=C\C/C=C\C/C=C\CC(=O)OCC(COP(=O)(O)OCC(CO)OC(=O)CCCCCCCCCCC/C=C\C/C=C\CCCCC)OC(=O)CCCCCCCCCCC/C=C\C/C=C\CCCCC. The Hall–Kier alpha value is -3.86. The molecule has 3 unspecified atom stereocenters. The number of ether oxygens (including phenoxy) is 3. The first-order valence-electron chi connectivity index (χ1n) is 31.8. The lowest BCUT2D eigenvalue weighted by Crippen LogP contribution is -2.30. The van der Waals surface area contributed by atoms with E-state index in [9.17, 15) is 28.9 Å². The molecule has 2 N–H and O–H groups in total. The van der Waals surface area contributed by atoms with Crippen molar-refractivity contribution in [3.8, 4) is 0 Å². The summed E-state index contributed by atoms with van der Waals surface area (Å²) >= 11 is 0. The zero-order valence-electron chi connectivity index (χ0n) is 50.8. The fourth-order valence-electron chi connectivity index (χ4n) is 8.37. The number of allylic oxidation sites excluding steroid dienone is 17. The smallest absolute Gasteiger partial charge is 0.461 e. The van der Waals surface area contributed by atoms with E-state index in [4.69, 9.17) is 23.3 Å². The highest BCUT2D eigenvalue weighted by Crippen LogP contribution is 2.43. The molecule has 80 heavy (non-hydrogen) atoms. The number of aliphatic hydroxyl groups is 1. The summed E-state index contributed by atoms with van der Waals surface area (Å²) in [7, 11) is -4.78. The molecule has 0 amide bonds. The van der Waals surface area contributed by atoms with Crippen LogP contribution in [-0.2, 0) is 42.2 Å². The third-order valence-corrected chi connectivity index (χ3v) is 14.1. The molecule has 0 saturated carbocycles. The average Bonchev–Trinajstić information content (AvgIpc) is 3.45. The lowest BCUT2D eigenvalue weighted by molar-refractivity contribution is -0.161. The molecule has 0 rings (SSSR count). The van der Waals surface area contributed by atoms with Gasteiger partial charge in [0.1, 0.15) is 12.7 Å². The van der Waals surface area contributed by atoms with E-state index in [1.807, 2.05) is 12.2 Å². The van der Waals surface area contributed by atoms with Crippen molar-refractivity contribution in [1.29, 1.82) is 0 Å². The van der Waals surface area contributed by atoms with Crippen molar-refractivity contribution in [1.82, 2.24) is 0 Å². The lowest BCUT2D eigenvalue weighted by Gasteiger charge is -2.21. The summed E-state index contributed by atoms with van der Waals surface area (Å²) in [4.78, 5) is 48.7. The van der Waals surface area contributed by atoms with E-state index in [0.717, 1.165) is 96.3 Å². The largest absolute Gasteiger partial charge is 0.472 e. The van der Waals surface area contributed by atoms with E-state index in [-0.39, 0.29) is 19.3 Å². The third-order valence-electron chi connectivity index (χ3n) is 13.2. The van der Waals surface area contributed by atoms with E-state index < -0.39 is 64.4 Å². The highest BCUT2D eigenvalue weighted by atomic mass is 31.2. The number of carbonyl (C=O) groups is 3. The van der Waals surface area contributed by atoms with Gasteiger partial charge in [-0.1, -0.05) is 246 Å². The van der Waals surface area contributed by atoms with Gasteiger partial charge in [-0.3, -0.25) is 23.4 Å². The van der Waals surface area contributed by atoms with Crippen LogP contribution in [0.3, 0.4) is 0 Å². The van der Waals surface area contributed by atoms with Gasteiger partial charge >= 0.3 is 25.7 Å². The van der Waals surface area contributed by atoms with Gasteiger partial charge in [0.25, 0.3) is 0 Å². The maximum Gasteiger partial charge on any atom is 0.472 e. The van der Waals surface area contributed by atoms with Crippen LogP contribution in [0, 0.1) is 0 Å². The number of esters is 3. The topological polar surface area (TPSA) is 155 Å². The van der Waals surface area contributed by atoms with Crippen LogP contribution in [0.4, 0.5) is 0 Å². The van der Waals surface area contributed by atoms with Crippen LogP contribution in [-0.4, -0.2) is 66.5 Å². The first-order valence-corrected chi connectivity index (χ1v) is 33.3. The number of hydrogen-bond donors (Lipinski definition) is 2. The molecule has 0 aromatic heterocycles. The summed E-state index contributed by atoms with van der Waals surface area (Å²) in [6, 6.07) is 0. The third kappa shape index (κ3) is 58.8. The number of carbonyl (C=O) groups excluding carboxylic acids is 3. The Morgan fingerprint density at radius 1 is 0.375 bits per heavy atom. The van der Waals surface area contributed by atoms with Crippen molar-refractivity contribution < 1.29 is 52.2 Å². The monoisotopic (exact) mass is 1140 g/mol. The van der Waals surface area contributed by atoms with Crippen molar-refractivity contribution in [2.75, 3.05) is 26.4 Å². The molecule has 0 saturated heterocycles. The van der Waals surface area contributed by atoms with Gasteiger partial charge in [-0.15, -0.1) is 0 Å². The maximum atomic E-state index is 12.9. The maximum absolute atomic E-state index is 12.9. The van der Waals surface area contributed by atoms with Crippen molar-refractivity contribution in [3.63, 3.8) is 0 Å². The van der Waals surface area contributed by atoms with Gasteiger partial charge in [-0.2, -0.15) is 0 Å². The Kier molecular flexibility index (Phi) is 58.3.